The number of anilines is 1. The molecule has 1 saturated heterocycles. The fourth-order valence-electron chi connectivity index (χ4n) is 6.70. The number of carboxylic acids is 1. The highest BCUT2D eigenvalue weighted by Crippen LogP contribution is 2.43. The van der Waals surface area contributed by atoms with E-state index in [-0.39, 0.29) is 23.2 Å². The molecule has 0 amide bonds. The zero-order valence-electron chi connectivity index (χ0n) is 26.4. The third-order valence-electron chi connectivity index (χ3n) is 9.27. The number of carboxylic acid groups (broad SMARTS) is 1. The number of piperazine rings is 1. The molecular weight excluding hydrogens is 616 g/mol. The molecule has 250 valence electrons. The smallest absolute Gasteiger partial charge is 0.416 e. The van der Waals surface area contributed by atoms with Crippen LogP contribution in [0.1, 0.15) is 30.4 Å². The van der Waals surface area contributed by atoms with E-state index in [1.165, 1.54) is 0 Å². The summed E-state index contributed by atoms with van der Waals surface area (Å²) in [5, 5.41) is 9.04. The number of rotatable bonds is 11. The molecular formula is C34H38F4N6O3. The Morgan fingerprint density at radius 2 is 1.72 bits per heavy atom. The summed E-state index contributed by atoms with van der Waals surface area (Å²) in [6.07, 6.45) is -1.60. The van der Waals surface area contributed by atoms with Crippen molar-refractivity contribution in [2.24, 2.45) is 5.41 Å². The van der Waals surface area contributed by atoms with Gasteiger partial charge in [0.25, 0.3) is 0 Å². The standard InChI is InChI=1S/C34H38F4N6O3/c1-42(20-33(21-47-2)8-3-9-33)28-17-27(24-14-25(34(36,37)38)16-26(35)15-24)39-32-30(28)40-31(41-32)23-6-4-22(5-7-23)18-43-10-12-44(13-11-43)19-29(45)46/h4-7,14-17H,3,8-13,18-21H2,1-2H3,(H,45,46)(H,39,40,41). The SMILES string of the molecule is COCC1(CN(C)c2cc(-c3cc(F)cc(C(F)(F)F)c3)nc3nc(-c4ccc(CN5CCN(CC(=O)O)CC5)cc4)[nH]c23)CCC1. The molecule has 47 heavy (non-hydrogen) atoms. The molecule has 0 radical (unpaired) electrons. The molecule has 0 atom stereocenters. The van der Waals surface area contributed by atoms with Gasteiger partial charge in [-0.15, -0.1) is 0 Å². The summed E-state index contributed by atoms with van der Waals surface area (Å²) < 4.78 is 60.7. The average Bonchev–Trinajstić information content (AvgIpc) is 3.44. The maximum atomic E-state index is 14.4. The first-order valence-corrected chi connectivity index (χ1v) is 15.7. The number of carbonyl (C=O) groups is 1. The summed E-state index contributed by atoms with van der Waals surface area (Å²) in [5.74, 6) is -1.26. The van der Waals surface area contributed by atoms with E-state index < -0.39 is 23.5 Å². The molecule has 2 N–H and O–H groups in total. The van der Waals surface area contributed by atoms with Crippen LogP contribution in [0.25, 0.3) is 33.8 Å². The number of benzene rings is 2. The maximum Gasteiger partial charge on any atom is 0.416 e. The molecule has 1 saturated carbocycles. The van der Waals surface area contributed by atoms with E-state index in [9.17, 15) is 22.4 Å². The largest absolute Gasteiger partial charge is 0.480 e. The molecule has 4 aromatic rings. The van der Waals surface area contributed by atoms with Crippen molar-refractivity contribution in [1.82, 2.24) is 24.8 Å². The molecule has 2 fully saturated rings. The number of aromatic amines is 1. The number of nitrogens with zero attached hydrogens (tertiary/aromatic N) is 5. The zero-order valence-corrected chi connectivity index (χ0v) is 26.4. The molecule has 2 aliphatic rings. The average molecular weight is 655 g/mol. The van der Waals surface area contributed by atoms with E-state index in [4.69, 9.17) is 14.8 Å². The van der Waals surface area contributed by atoms with Crippen LogP contribution in [-0.4, -0.2) is 95.9 Å². The lowest BCUT2D eigenvalue weighted by Crippen LogP contribution is -2.47. The number of aliphatic carboxylic acids is 1. The van der Waals surface area contributed by atoms with Crippen LogP contribution in [0.4, 0.5) is 23.2 Å². The van der Waals surface area contributed by atoms with Crippen molar-refractivity contribution in [3.63, 3.8) is 0 Å². The summed E-state index contributed by atoms with van der Waals surface area (Å²) in [7, 11) is 3.61. The third-order valence-corrected chi connectivity index (χ3v) is 9.27. The molecule has 9 nitrogen and oxygen atoms in total. The van der Waals surface area contributed by atoms with Crippen LogP contribution in [0.15, 0.2) is 48.5 Å². The molecule has 6 rings (SSSR count). The number of alkyl halides is 3. The van der Waals surface area contributed by atoms with Crippen molar-refractivity contribution in [3.8, 4) is 22.6 Å². The van der Waals surface area contributed by atoms with Gasteiger partial charge in [-0.1, -0.05) is 30.7 Å². The Kier molecular flexibility index (Phi) is 9.23. The van der Waals surface area contributed by atoms with E-state index in [0.717, 1.165) is 62.2 Å². The Morgan fingerprint density at radius 1 is 1.02 bits per heavy atom. The second-order valence-corrected chi connectivity index (χ2v) is 12.8. The van der Waals surface area contributed by atoms with Crippen molar-refractivity contribution in [2.75, 3.05) is 64.9 Å². The lowest BCUT2D eigenvalue weighted by Gasteiger charge is -2.44. The number of imidazole rings is 1. The monoisotopic (exact) mass is 654 g/mol. The zero-order chi connectivity index (χ0) is 33.3. The molecule has 0 unspecified atom stereocenters. The summed E-state index contributed by atoms with van der Waals surface area (Å²) in [6, 6.07) is 12.1. The van der Waals surface area contributed by atoms with Crippen LogP contribution >= 0.6 is 0 Å². The van der Waals surface area contributed by atoms with Gasteiger partial charge in [0.05, 0.1) is 30.1 Å². The van der Waals surface area contributed by atoms with Gasteiger partial charge in [-0.05, 0) is 42.7 Å². The Hall–Kier alpha value is -4.07. The Bertz CT molecular complexity index is 1730. The van der Waals surface area contributed by atoms with Crippen molar-refractivity contribution in [1.29, 1.82) is 0 Å². The highest BCUT2D eigenvalue weighted by molar-refractivity contribution is 5.91. The van der Waals surface area contributed by atoms with Gasteiger partial charge in [-0.25, -0.2) is 14.4 Å². The molecule has 3 heterocycles. The van der Waals surface area contributed by atoms with E-state index in [1.54, 1.807) is 13.2 Å². The number of H-pyrrole nitrogens is 1. The van der Waals surface area contributed by atoms with Crippen molar-refractivity contribution >= 4 is 22.8 Å². The predicted octanol–water partition coefficient (Wildman–Crippen LogP) is 5.90. The Balaban J connectivity index is 1.30. The van der Waals surface area contributed by atoms with Gasteiger partial charge in [-0.3, -0.25) is 14.6 Å². The molecule has 2 aromatic carbocycles. The van der Waals surface area contributed by atoms with Crippen LogP contribution in [0.2, 0.25) is 0 Å². The van der Waals surface area contributed by atoms with E-state index >= 15 is 0 Å². The van der Waals surface area contributed by atoms with Gasteiger partial charge in [0.2, 0.25) is 0 Å². The van der Waals surface area contributed by atoms with Gasteiger partial charge >= 0.3 is 12.1 Å². The quantitative estimate of drug-likeness (QED) is 0.193. The number of hydrogen-bond acceptors (Lipinski definition) is 7. The van der Waals surface area contributed by atoms with Gasteiger partial charge in [0.15, 0.2) is 5.65 Å². The number of pyridine rings is 1. The van der Waals surface area contributed by atoms with Crippen LogP contribution in [0.5, 0.6) is 0 Å². The molecule has 13 heteroatoms. The Morgan fingerprint density at radius 3 is 2.34 bits per heavy atom. The minimum absolute atomic E-state index is 0.0156. The molecule has 0 spiro atoms. The number of fused-ring (bicyclic) bond motifs is 1. The summed E-state index contributed by atoms with van der Waals surface area (Å²) >= 11 is 0. The second-order valence-electron chi connectivity index (χ2n) is 12.8. The first-order chi connectivity index (χ1) is 22.4. The van der Waals surface area contributed by atoms with Crippen LogP contribution in [0.3, 0.4) is 0 Å². The minimum Gasteiger partial charge on any atom is -0.480 e. The second kappa shape index (κ2) is 13.2. The van der Waals surface area contributed by atoms with Gasteiger partial charge < -0.3 is 19.7 Å². The first kappa shape index (κ1) is 32.9. The topological polar surface area (TPSA) is 97.8 Å². The van der Waals surface area contributed by atoms with Crippen molar-refractivity contribution in [2.45, 2.75) is 32.0 Å². The number of methoxy groups -OCH3 is 1. The molecule has 0 bridgehead atoms. The molecule has 2 aromatic heterocycles. The molecule has 1 aliphatic carbocycles. The lowest BCUT2D eigenvalue weighted by molar-refractivity contribution is -0.139. The maximum absolute atomic E-state index is 14.4. The van der Waals surface area contributed by atoms with Crippen molar-refractivity contribution < 1.29 is 32.2 Å². The van der Waals surface area contributed by atoms with Gasteiger partial charge in [0, 0.05) is 70.0 Å². The Labute approximate surface area is 270 Å². The predicted molar refractivity (Wildman–Crippen MR) is 171 cm³/mol. The summed E-state index contributed by atoms with van der Waals surface area (Å²) in [5.41, 5.74) is 2.65. The third kappa shape index (κ3) is 7.42. The fraction of sp³-hybridized carbons (Fsp3) is 0.441. The number of hydrogen-bond donors (Lipinski definition) is 2. The van der Waals surface area contributed by atoms with Gasteiger partial charge in [-0.2, -0.15) is 13.2 Å². The number of aromatic nitrogens is 3. The van der Waals surface area contributed by atoms with Crippen LogP contribution < -0.4 is 4.90 Å². The van der Waals surface area contributed by atoms with Crippen LogP contribution in [-0.2, 0) is 22.3 Å². The molecule has 1 aliphatic heterocycles. The van der Waals surface area contributed by atoms with Crippen molar-refractivity contribution in [3.05, 3.63) is 65.5 Å². The highest BCUT2D eigenvalue weighted by atomic mass is 19.4. The van der Waals surface area contributed by atoms with Crippen LogP contribution in [0, 0.1) is 11.2 Å². The summed E-state index contributed by atoms with van der Waals surface area (Å²) in [4.78, 5) is 30.0. The highest BCUT2D eigenvalue weighted by Gasteiger charge is 2.38. The first-order valence-electron chi connectivity index (χ1n) is 15.7. The normalized spacial score (nSPS) is 17.1. The van der Waals surface area contributed by atoms with E-state index in [1.807, 2.05) is 36.2 Å². The number of halogens is 4. The number of ether oxygens (including phenoxy) is 1. The fourth-order valence-corrected chi connectivity index (χ4v) is 6.70. The lowest BCUT2D eigenvalue weighted by atomic mass is 9.69. The minimum atomic E-state index is -4.71. The summed E-state index contributed by atoms with van der Waals surface area (Å²) in [6.45, 7) is 5.01. The van der Waals surface area contributed by atoms with E-state index in [2.05, 4.69) is 19.8 Å². The number of nitrogens with one attached hydrogen (secondary N) is 1. The van der Waals surface area contributed by atoms with E-state index in [0.29, 0.717) is 55.0 Å². The van der Waals surface area contributed by atoms with Gasteiger partial charge in [0.1, 0.15) is 17.2 Å².